The van der Waals surface area contributed by atoms with Crippen molar-refractivity contribution in [2.24, 2.45) is 0 Å². The van der Waals surface area contributed by atoms with Crippen LogP contribution in [0, 0.1) is 0 Å². The number of rotatable bonds is 5. The average Bonchev–Trinajstić information content (AvgIpc) is 2.27. The summed E-state index contributed by atoms with van der Waals surface area (Å²) in [5, 5.41) is 0. The highest BCUT2D eigenvalue weighted by Gasteiger charge is 2.14. The number of benzene rings is 1. The fraction of sp³-hybridized carbons (Fsp3) is 0.462. The van der Waals surface area contributed by atoms with Gasteiger partial charge in [-0.3, -0.25) is 4.79 Å². The van der Waals surface area contributed by atoms with E-state index in [9.17, 15) is 4.79 Å². The lowest BCUT2D eigenvalue weighted by Gasteiger charge is -2.16. The zero-order valence-corrected chi connectivity index (χ0v) is 11.4. The number of likely N-dealkylation sites (N-methyl/N-ethyl adjacent to an activating group) is 1. The van der Waals surface area contributed by atoms with Crippen LogP contribution in [0.5, 0.6) is 5.75 Å². The number of carbonyl (C=O) groups is 1. The maximum absolute atomic E-state index is 12.0. The van der Waals surface area contributed by atoms with E-state index < -0.39 is 0 Å². The van der Waals surface area contributed by atoms with Gasteiger partial charge in [0.15, 0.2) is 0 Å². The van der Waals surface area contributed by atoms with Crippen molar-refractivity contribution in [3.63, 3.8) is 0 Å². The SMILES string of the molecule is CN(C)CCOc1cc(N)ccc1C(=O)N(C)C. The van der Waals surface area contributed by atoms with Gasteiger partial charge in [0, 0.05) is 32.4 Å². The highest BCUT2D eigenvalue weighted by Crippen LogP contribution is 2.22. The Balaban J connectivity index is 2.86. The van der Waals surface area contributed by atoms with Crippen molar-refractivity contribution < 1.29 is 9.53 Å². The first kappa shape index (κ1) is 14.3. The van der Waals surface area contributed by atoms with Crippen molar-refractivity contribution in [1.82, 2.24) is 9.80 Å². The van der Waals surface area contributed by atoms with Gasteiger partial charge < -0.3 is 20.3 Å². The molecule has 5 heteroatoms. The van der Waals surface area contributed by atoms with Crippen molar-refractivity contribution in [2.45, 2.75) is 0 Å². The van der Waals surface area contributed by atoms with E-state index in [1.807, 2.05) is 19.0 Å². The largest absolute Gasteiger partial charge is 0.491 e. The first-order valence-electron chi connectivity index (χ1n) is 5.80. The highest BCUT2D eigenvalue weighted by atomic mass is 16.5. The van der Waals surface area contributed by atoms with Crippen molar-refractivity contribution in [3.05, 3.63) is 23.8 Å². The van der Waals surface area contributed by atoms with Crippen LogP contribution in [0.1, 0.15) is 10.4 Å². The number of hydrogen-bond donors (Lipinski definition) is 1. The lowest BCUT2D eigenvalue weighted by Crippen LogP contribution is -2.24. The second-order valence-electron chi connectivity index (χ2n) is 4.61. The number of nitrogens with two attached hydrogens (primary N) is 1. The van der Waals surface area contributed by atoms with E-state index in [0.717, 1.165) is 6.54 Å². The number of carbonyl (C=O) groups excluding carboxylic acids is 1. The summed E-state index contributed by atoms with van der Waals surface area (Å²) < 4.78 is 5.63. The Hall–Kier alpha value is -1.75. The third-order valence-electron chi connectivity index (χ3n) is 2.44. The minimum atomic E-state index is -0.0881. The van der Waals surface area contributed by atoms with Gasteiger partial charge in [0.25, 0.3) is 5.91 Å². The summed E-state index contributed by atoms with van der Waals surface area (Å²) in [5.74, 6) is 0.449. The topological polar surface area (TPSA) is 58.8 Å². The first-order valence-corrected chi connectivity index (χ1v) is 5.80. The van der Waals surface area contributed by atoms with E-state index in [-0.39, 0.29) is 5.91 Å². The Labute approximate surface area is 108 Å². The lowest BCUT2D eigenvalue weighted by atomic mass is 10.1. The van der Waals surface area contributed by atoms with Crippen molar-refractivity contribution in [2.75, 3.05) is 47.1 Å². The summed E-state index contributed by atoms with van der Waals surface area (Å²) in [6, 6.07) is 5.09. The minimum Gasteiger partial charge on any atom is -0.491 e. The molecule has 0 bridgehead atoms. The predicted molar refractivity (Wildman–Crippen MR) is 72.9 cm³/mol. The minimum absolute atomic E-state index is 0.0881. The predicted octanol–water partition coefficient (Wildman–Crippen LogP) is 0.911. The van der Waals surface area contributed by atoms with Gasteiger partial charge in [-0.2, -0.15) is 0 Å². The van der Waals surface area contributed by atoms with Gasteiger partial charge in [-0.25, -0.2) is 0 Å². The zero-order chi connectivity index (χ0) is 13.7. The molecule has 0 heterocycles. The molecule has 1 amide bonds. The molecule has 0 spiro atoms. The summed E-state index contributed by atoms with van der Waals surface area (Å²) in [6.45, 7) is 1.30. The van der Waals surface area contributed by atoms with Crippen LogP contribution >= 0.6 is 0 Å². The lowest BCUT2D eigenvalue weighted by molar-refractivity contribution is 0.0823. The molecule has 18 heavy (non-hydrogen) atoms. The summed E-state index contributed by atoms with van der Waals surface area (Å²) >= 11 is 0. The van der Waals surface area contributed by atoms with Gasteiger partial charge in [-0.05, 0) is 26.2 Å². The Morgan fingerprint density at radius 2 is 1.94 bits per heavy atom. The van der Waals surface area contributed by atoms with Gasteiger partial charge >= 0.3 is 0 Å². The van der Waals surface area contributed by atoms with Crippen LogP contribution in [-0.4, -0.2) is 57.0 Å². The summed E-state index contributed by atoms with van der Waals surface area (Å²) in [6.07, 6.45) is 0. The number of hydrogen-bond acceptors (Lipinski definition) is 4. The Morgan fingerprint density at radius 1 is 1.28 bits per heavy atom. The zero-order valence-electron chi connectivity index (χ0n) is 11.4. The van der Waals surface area contributed by atoms with Crippen molar-refractivity contribution in [1.29, 1.82) is 0 Å². The van der Waals surface area contributed by atoms with Gasteiger partial charge in [0.1, 0.15) is 12.4 Å². The summed E-state index contributed by atoms with van der Waals surface area (Å²) in [5.41, 5.74) is 6.84. The fourth-order valence-electron chi connectivity index (χ4n) is 1.41. The van der Waals surface area contributed by atoms with Gasteiger partial charge in [-0.15, -0.1) is 0 Å². The van der Waals surface area contributed by atoms with E-state index >= 15 is 0 Å². The van der Waals surface area contributed by atoms with Crippen LogP contribution in [0.2, 0.25) is 0 Å². The molecule has 0 aliphatic heterocycles. The number of ether oxygens (including phenoxy) is 1. The summed E-state index contributed by atoms with van der Waals surface area (Å²) in [7, 11) is 7.35. The number of nitrogens with zero attached hydrogens (tertiary/aromatic N) is 2. The fourth-order valence-corrected chi connectivity index (χ4v) is 1.41. The van der Waals surface area contributed by atoms with E-state index in [4.69, 9.17) is 10.5 Å². The molecule has 0 atom stereocenters. The quantitative estimate of drug-likeness (QED) is 0.790. The van der Waals surface area contributed by atoms with Crippen LogP contribution in [0.25, 0.3) is 0 Å². The van der Waals surface area contributed by atoms with Crippen LogP contribution < -0.4 is 10.5 Å². The molecular formula is C13H21N3O2. The maximum Gasteiger partial charge on any atom is 0.257 e. The molecule has 0 saturated heterocycles. The molecular weight excluding hydrogens is 230 g/mol. The molecule has 0 radical (unpaired) electrons. The van der Waals surface area contributed by atoms with E-state index in [1.54, 1.807) is 32.3 Å². The molecule has 1 aromatic carbocycles. The average molecular weight is 251 g/mol. The highest BCUT2D eigenvalue weighted by molar-refractivity contribution is 5.97. The van der Waals surface area contributed by atoms with Crippen LogP contribution in [0.3, 0.4) is 0 Å². The van der Waals surface area contributed by atoms with Crippen LogP contribution in [-0.2, 0) is 0 Å². The van der Waals surface area contributed by atoms with E-state index in [2.05, 4.69) is 0 Å². The second kappa shape index (κ2) is 6.26. The smallest absolute Gasteiger partial charge is 0.257 e. The monoisotopic (exact) mass is 251 g/mol. The van der Waals surface area contributed by atoms with Gasteiger partial charge in [-0.1, -0.05) is 0 Å². The maximum atomic E-state index is 12.0. The van der Waals surface area contributed by atoms with Crippen LogP contribution in [0.4, 0.5) is 5.69 Å². The van der Waals surface area contributed by atoms with Gasteiger partial charge in [0.2, 0.25) is 0 Å². The molecule has 0 saturated carbocycles. The number of amides is 1. The number of nitrogen functional groups attached to an aromatic ring is 1. The van der Waals surface area contributed by atoms with Crippen molar-refractivity contribution in [3.8, 4) is 5.75 Å². The molecule has 0 aliphatic rings. The molecule has 1 rings (SSSR count). The molecule has 1 aromatic rings. The van der Waals surface area contributed by atoms with Crippen molar-refractivity contribution >= 4 is 11.6 Å². The third kappa shape index (κ3) is 3.92. The standard InChI is InChI=1S/C13H21N3O2/c1-15(2)7-8-18-12-9-10(14)5-6-11(12)13(17)16(3)4/h5-6,9H,7-8,14H2,1-4H3. The molecule has 0 aliphatic carbocycles. The summed E-state index contributed by atoms with van der Waals surface area (Å²) in [4.78, 5) is 15.5. The number of anilines is 1. The van der Waals surface area contributed by atoms with Crippen LogP contribution in [0.15, 0.2) is 18.2 Å². The Morgan fingerprint density at radius 3 is 2.50 bits per heavy atom. The van der Waals surface area contributed by atoms with Gasteiger partial charge in [0.05, 0.1) is 5.56 Å². The molecule has 0 fully saturated rings. The molecule has 0 aromatic heterocycles. The first-order chi connectivity index (χ1) is 8.41. The molecule has 0 unspecified atom stereocenters. The Bertz CT molecular complexity index is 417. The molecule has 100 valence electrons. The second-order valence-corrected chi connectivity index (χ2v) is 4.61. The van der Waals surface area contributed by atoms with E-state index in [1.165, 1.54) is 4.90 Å². The molecule has 2 N–H and O–H groups in total. The third-order valence-corrected chi connectivity index (χ3v) is 2.44. The molecule has 5 nitrogen and oxygen atoms in total. The van der Waals surface area contributed by atoms with E-state index in [0.29, 0.717) is 23.6 Å². The normalized spacial score (nSPS) is 10.5. The Kier molecular flexibility index (Phi) is 4.97.